The number of hydrogen-bond donors (Lipinski definition) is 1. The first kappa shape index (κ1) is 17.2. The van der Waals surface area contributed by atoms with Crippen molar-refractivity contribution in [3.8, 4) is 10.6 Å². The maximum Gasteiger partial charge on any atom is 0.416 e. The van der Waals surface area contributed by atoms with Crippen LogP contribution in [0.5, 0.6) is 0 Å². The van der Waals surface area contributed by atoms with Crippen molar-refractivity contribution in [3.63, 3.8) is 0 Å². The zero-order valence-corrected chi connectivity index (χ0v) is 13.6. The number of aromatic carboxylic acids is 1. The molecule has 2 aromatic carbocycles. The van der Waals surface area contributed by atoms with E-state index in [1.165, 1.54) is 12.1 Å². The lowest BCUT2D eigenvalue weighted by molar-refractivity contribution is -0.137. The molecule has 0 aliphatic rings. The number of thiazole rings is 1. The third kappa shape index (κ3) is 3.88. The first-order valence-electron chi connectivity index (χ1n) is 7.29. The van der Waals surface area contributed by atoms with Crippen LogP contribution in [0.1, 0.15) is 26.5 Å². The van der Waals surface area contributed by atoms with Crippen LogP contribution in [0.25, 0.3) is 10.6 Å². The molecule has 0 aliphatic heterocycles. The summed E-state index contributed by atoms with van der Waals surface area (Å²) in [5.41, 5.74) is 1.02. The number of carboxylic acid groups (broad SMARTS) is 1. The Morgan fingerprint density at radius 3 is 2.24 bits per heavy atom. The number of nitrogens with zero attached hydrogens (tertiary/aromatic N) is 1. The van der Waals surface area contributed by atoms with Crippen LogP contribution < -0.4 is 0 Å². The molecule has 1 heterocycles. The van der Waals surface area contributed by atoms with Gasteiger partial charge in [-0.25, -0.2) is 9.78 Å². The fraction of sp³-hybridized carbons (Fsp3) is 0.111. The molecule has 0 aliphatic carbocycles. The molecule has 1 aromatic heterocycles. The maximum atomic E-state index is 12.6. The molecule has 3 nitrogen and oxygen atoms in total. The third-order valence-corrected chi connectivity index (χ3v) is 4.70. The van der Waals surface area contributed by atoms with Gasteiger partial charge >= 0.3 is 12.1 Å². The average molecular weight is 363 g/mol. The fourth-order valence-electron chi connectivity index (χ4n) is 2.35. The Morgan fingerprint density at radius 2 is 1.68 bits per heavy atom. The molecule has 128 valence electrons. The van der Waals surface area contributed by atoms with Crippen molar-refractivity contribution < 1.29 is 23.1 Å². The molecule has 0 spiro atoms. The van der Waals surface area contributed by atoms with Gasteiger partial charge < -0.3 is 5.11 Å². The molecular formula is C18H12F3NO2S. The van der Waals surface area contributed by atoms with E-state index in [-0.39, 0.29) is 4.88 Å². The van der Waals surface area contributed by atoms with Crippen molar-refractivity contribution in [2.75, 3.05) is 0 Å². The highest BCUT2D eigenvalue weighted by atomic mass is 32.1. The number of rotatable bonds is 4. The van der Waals surface area contributed by atoms with Gasteiger partial charge in [0.15, 0.2) is 0 Å². The van der Waals surface area contributed by atoms with E-state index < -0.39 is 17.7 Å². The molecule has 0 radical (unpaired) electrons. The van der Waals surface area contributed by atoms with Crippen LogP contribution in [-0.2, 0) is 12.6 Å². The van der Waals surface area contributed by atoms with Gasteiger partial charge in [-0.2, -0.15) is 13.2 Å². The number of aromatic nitrogens is 1. The molecule has 0 fully saturated rings. The summed E-state index contributed by atoms with van der Waals surface area (Å²) in [6.45, 7) is 0. The number of halogens is 3. The van der Waals surface area contributed by atoms with Crippen LogP contribution >= 0.6 is 11.3 Å². The summed E-state index contributed by atoms with van der Waals surface area (Å²) in [5, 5.41) is 9.76. The number of alkyl halides is 3. The summed E-state index contributed by atoms with van der Waals surface area (Å²) in [6.07, 6.45) is -4.06. The lowest BCUT2D eigenvalue weighted by Crippen LogP contribution is -2.03. The normalized spacial score (nSPS) is 11.5. The van der Waals surface area contributed by atoms with Crippen LogP contribution in [0.15, 0.2) is 54.6 Å². The van der Waals surface area contributed by atoms with Gasteiger partial charge in [-0.1, -0.05) is 42.5 Å². The Bertz CT molecular complexity index is 887. The summed E-state index contributed by atoms with van der Waals surface area (Å²) in [7, 11) is 0. The smallest absolute Gasteiger partial charge is 0.416 e. The minimum Gasteiger partial charge on any atom is -0.477 e. The molecule has 3 aromatic rings. The average Bonchev–Trinajstić information content (AvgIpc) is 2.99. The van der Waals surface area contributed by atoms with E-state index in [9.17, 15) is 23.1 Å². The van der Waals surface area contributed by atoms with E-state index in [1.807, 2.05) is 30.3 Å². The van der Waals surface area contributed by atoms with Crippen molar-refractivity contribution >= 4 is 17.3 Å². The highest BCUT2D eigenvalue weighted by Crippen LogP contribution is 2.33. The fourth-order valence-corrected chi connectivity index (χ4v) is 3.28. The Kier molecular flexibility index (Phi) is 4.59. The minimum absolute atomic E-state index is 0.0961. The number of hydrogen-bond acceptors (Lipinski definition) is 3. The van der Waals surface area contributed by atoms with E-state index in [0.717, 1.165) is 29.0 Å². The number of carbonyl (C=O) groups is 1. The van der Waals surface area contributed by atoms with Crippen LogP contribution in [0.3, 0.4) is 0 Å². The highest BCUT2D eigenvalue weighted by Gasteiger charge is 2.30. The van der Waals surface area contributed by atoms with Crippen molar-refractivity contribution in [1.29, 1.82) is 0 Å². The van der Waals surface area contributed by atoms with Gasteiger partial charge in [-0.05, 0) is 17.7 Å². The number of benzene rings is 2. The summed E-state index contributed by atoms with van der Waals surface area (Å²) in [4.78, 5) is 15.9. The SMILES string of the molecule is O=C(O)c1sc(-c2ccc(C(F)(F)F)cc2)nc1Cc1ccccc1. The summed E-state index contributed by atoms with van der Waals surface area (Å²) >= 11 is 0.961. The van der Waals surface area contributed by atoms with Gasteiger partial charge in [0.2, 0.25) is 0 Å². The lowest BCUT2D eigenvalue weighted by atomic mass is 10.1. The predicted molar refractivity (Wildman–Crippen MR) is 88.8 cm³/mol. The first-order chi connectivity index (χ1) is 11.8. The zero-order valence-electron chi connectivity index (χ0n) is 12.7. The highest BCUT2D eigenvalue weighted by molar-refractivity contribution is 7.17. The maximum absolute atomic E-state index is 12.6. The molecule has 0 bridgehead atoms. The summed E-state index contributed by atoms with van der Waals surface area (Å²) in [5.74, 6) is -1.10. The van der Waals surface area contributed by atoms with E-state index in [2.05, 4.69) is 4.98 Å². The standard InChI is InChI=1S/C18H12F3NO2S/c19-18(20,21)13-8-6-12(7-9-13)16-22-14(15(25-16)17(23)24)10-11-4-2-1-3-5-11/h1-9H,10H2,(H,23,24). The largest absolute Gasteiger partial charge is 0.477 e. The lowest BCUT2D eigenvalue weighted by Gasteiger charge is -2.06. The second-order valence-electron chi connectivity index (χ2n) is 5.34. The molecular weight excluding hydrogens is 351 g/mol. The van der Waals surface area contributed by atoms with Gasteiger partial charge in [0.1, 0.15) is 9.88 Å². The van der Waals surface area contributed by atoms with Crippen molar-refractivity contribution in [2.24, 2.45) is 0 Å². The van der Waals surface area contributed by atoms with Crippen LogP contribution in [-0.4, -0.2) is 16.1 Å². The Hall–Kier alpha value is -2.67. The molecule has 1 N–H and O–H groups in total. The zero-order chi connectivity index (χ0) is 18.0. The topological polar surface area (TPSA) is 50.2 Å². The van der Waals surface area contributed by atoms with E-state index >= 15 is 0 Å². The second-order valence-corrected chi connectivity index (χ2v) is 6.34. The van der Waals surface area contributed by atoms with Crippen LogP contribution in [0.2, 0.25) is 0 Å². The van der Waals surface area contributed by atoms with Gasteiger partial charge in [0.25, 0.3) is 0 Å². The molecule has 7 heteroatoms. The van der Waals surface area contributed by atoms with Crippen molar-refractivity contribution in [3.05, 3.63) is 76.3 Å². The monoisotopic (exact) mass is 363 g/mol. The van der Waals surface area contributed by atoms with Gasteiger partial charge in [0, 0.05) is 12.0 Å². The molecule has 0 saturated carbocycles. The minimum atomic E-state index is -4.41. The predicted octanol–water partition coefficient (Wildman–Crippen LogP) is 5.12. The van der Waals surface area contributed by atoms with E-state index in [4.69, 9.17) is 0 Å². The van der Waals surface area contributed by atoms with Crippen LogP contribution in [0.4, 0.5) is 13.2 Å². The molecule has 0 unspecified atom stereocenters. The van der Waals surface area contributed by atoms with E-state index in [1.54, 1.807) is 0 Å². The summed E-state index contributed by atoms with van der Waals surface area (Å²) in [6, 6.07) is 13.8. The Balaban J connectivity index is 1.95. The molecule has 3 rings (SSSR count). The summed E-state index contributed by atoms with van der Waals surface area (Å²) < 4.78 is 37.9. The molecule has 0 atom stereocenters. The molecule has 25 heavy (non-hydrogen) atoms. The first-order valence-corrected chi connectivity index (χ1v) is 8.11. The molecule has 0 amide bonds. The third-order valence-electron chi connectivity index (χ3n) is 3.57. The quantitative estimate of drug-likeness (QED) is 0.700. The van der Waals surface area contributed by atoms with E-state index in [0.29, 0.717) is 22.7 Å². The van der Waals surface area contributed by atoms with Gasteiger partial charge in [-0.15, -0.1) is 11.3 Å². The van der Waals surface area contributed by atoms with Crippen LogP contribution in [0, 0.1) is 0 Å². The van der Waals surface area contributed by atoms with Gasteiger partial charge in [-0.3, -0.25) is 0 Å². The Morgan fingerprint density at radius 1 is 1.04 bits per heavy atom. The molecule has 0 saturated heterocycles. The number of carboxylic acids is 1. The second kappa shape index (κ2) is 6.68. The Labute approximate surface area is 145 Å². The van der Waals surface area contributed by atoms with Crippen molar-refractivity contribution in [1.82, 2.24) is 4.98 Å². The van der Waals surface area contributed by atoms with Crippen molar-refractivity contribution in [2.45, 2.75) is 12.6 Å². The van der Waals surface area contributed by atoms with Gasteiger partial charge in [0.05, 0.1) is 11.3 Å².